The van der Waals surface area contributed by atoms with Gasteiger partial charge in [0.15, 0.2) is 5.41 Å². The van der Waals surface area contributed by atoms with Crippen molar-refractivity contribution in [1.82, 2.24) is 4.90 Å². The summed E-state index contributed by atoms with van der Waals surface area (Å²) in [6, 6.07) is 12.6. The van der Waals surface area contributed by atoms with E-state index in [0.29, 0.717) is 5.56 Å². The highest BCUT2D eigenvalue weighted by molar-refractivity contribution is 5.60. The molecule has 0 spiro atoms. The summed E-state index contributed by atoms with van der Waals surface area (Å²) in [7, 11) is 2.02. The molecule has 0 amide bonds. The van der Waals surface area contributed by atoms with E-state index >= 15 is 0 Å². The lowest BCUT2D eigenvalue weighted by Gasteiger charge is -2.48. The van der Waals surface area contributed by atoms with Crippen LogP contribution in [0.3, 0.4) is 0 Å². The molecule has 4 atom stereocenters. The average molecular weight is 359 g/mol. The lowest BCUT2D eigenvalue weighted by Crippen LogP contribution is -2.51. The van der Waals surface area contributed by atoms with Gasteiger partial charge in [-0.3, -0.25) is 4.90 Å². The van der Waals surface area contributed by atoms with E-state index in [4.69, 9.17) is 5.73 Å². The minimum atomic E-state index is -1.71. The van der Waals surface area contributed by atoms with E-state index in [9.17, 15) is 20.2 Å². The number of rotatable bonds is 1. The van der Waals surface area contributed by atoms with Crippen LogP contribution < -0.4 is 5.73 Å². The van der Waals surface area contributed by atoms with E-state index in [0.717, 1.165) is 18.4 Å². The second-order valence-corrected chi connectivity index (χ2v) is 7.49. The van der Waals surface area contributed by atoms with Crippen LogP contribution in [-0.2, 0) is 0 Å². The standard InChI is InChI=1S/C21H18FN5/c1-27-14-5-6-17(27)18-15(8-14)16(9-23)20(26)21(10-24,11-25)19(18)12-3-2-4-13(22)7-12/h2-4,7-8,14,17-19H,5-6,26H2,1H3/t14-,17-,18-,19-/m1/s1. The molecule has 1 saturated heterocycles. The van der Waals surface area contributed by atoms with E-state index < -0.39 is 17.2 Å². The van der Waals surface area contributed by atoms with Gasteiger partial charge in [0, 0.05) is 23.9 Å². The van der Waals surface area contributed by atoms with Gasteiger partial charge in [-0.25, -0.2) is 4.39 Å². The van der Waals surface area contributed by atoms with Crippen LogP contribution in [0, 0.1) is 51.1 Å². The van der Waals surface area contributed by atoms with Gasteiger partial charge < -0.3 is 5.73 Å². The zero-order valence-corrected chi connectivity index (χ0v) is 14.9. The Hall–Kier alpha value is -3.14. The summed E-state index contributed by atoms with van der Waals surface area (Å²) >= 11 is 0. The van der Waals surface area contributed by atoms with Crippen LogP contribution in [-0.4, -0.2) is 24.0 Å². The van der Waals surface area contributed by atoms with Gasteiger partial charge in [-0.2, -0.15) is 15.8 Å². The molecule has 0 aromatic heterocycles. The van der Waals surface area contributed by atoms with E-state index in [1.54, 1.807) is 12.1 Å². The van der Waals surface area contributed by atoms with Crippen molar-refractivity contribution in [2.45, 2.75) is 30.8 Å². The maximum absolute atomic E-state index is 14.0. The topological polar surface area (TPSA) is 101 Å². The predicted molar refractivity (Wildman–Crippen MR) is 95.8 cm³/mol. The molecule has 27 heavy (non-hydrogen) atoms. The van der Waals surface area contributed by atoms with E-state index in [2.05, 4.69) is 23.1 Å². The summed E-state index contributed by atoms with van der Waals surface area (Å²) in [6.45, 7) is 0. The van der Waals surface area contributed by atoms with Crippen LogP contribution >= 0.6 is 0 Å². The van der Waals surface area contributed by atoms with Crippen molar-refractivity contribution in [1.29, 1.82) is 15.8 Å². The van der Waals surface area contributed by atoms with Gasteiger partial charge in [-0.05, 0) is 43.2 Å². The van der Waals surface area contributed by atoms with Crippen molar-refractivity contribution in [3.63, 3.8) is 0 Å². The minimum Gasteiger partial charge on any atom is -0.399 e. The molecule has 1 aromatic rings. The Bertz CT molecular complexity index is 989. The Morgan fingerprint density at radius 3 is 2.59 bits per heavy atom. The fourth-order valence-electron chi connectivity index (χ4n) is 5.16. The summed E-state index contributed by atoms with van der Waals surface area (Å²) in [5.41, 5.74) is 6.14. The summed E-state index contributed by atoms with van der Waals surface area (Å²) in [4.78, 5) is 2.23. The number of hydrogen-bond acceptors (Lipinski definition) is 5. The number of fused-ring (bicyclic) bond motifs is 4. The van der Waals surface area contributed by atoms with E-state index in [1.165, 1.54) is 12.1 Å². The number of nitriles is 3. The van der Waals surface area contributed by atoms with Crippen LogP contribution in [0.2, 0.25) is 0 Å². The number of allylic oxidation sites excluding steroid dienone is 2. The fraction of sp³-hybridized carbons (Fsp3) is 0.381. The molecule has 1 fully saturated rings. The van der Waals surface area contributed by atoms with Gasteiger partial charge in [-0.1, -0.05) is 18.2 Å². The molecular formula is C21H18FN5. The second-order valence-electron chi connectivity index (χ2n) is 7.49. The zero-order valence-electron chi connectivity index (χ0n) is 14.9. The molecule has 2 bridgehead atoms. The smallest absolute Gasteiger partial charge is 0.191 e. The van der Waals surface area contributed by atoms with Crippen molar-refractivity contribution in [3.05, 3.63) is 58.6 Å². The molecule has 134 valence electrons. The molecule has 0 radical (unpaired) electrons. The largest absolute Gasteiger partial charge is 0.399 e. The minimum absolute atomic E-state index is 0.0179. The van der Waals surface area contributed by atoms with Crippen molar-refractivity contribution in [2.24, 2.45) is 17.1 Å². The van der Waals surface area contributed by atoms with Gasteiger partial charge >= 0.3 is 0 Å². The first kappa shape index (κ1) is 17.3. The summed E-state index contributed by atoms with van der Waals surface area (Å²) in [5.74, 6) is -1.33. The lowest BCUT2D eigenvalue weighted by molar-refractivity contribution is 0.160. The molecular weight excluding hydrogens is 341 g/mol. The van der Waals surface area contributed by atoms with Crippen LogP contribution in [0.4, 0.5) is 4.39 Å². The third-order valence-electron chi connectivity index (χ3n) is 6.43. The van der Waals surface area contributed by atoms with Crippen LogP contribution in [0.1, 0.15) is 24.3 Å². The van der Waals surface area contributed by atoms with Crippen LogP contribution in [0.15, 0.2) is 47.2 Å². The Morgan fingerprint density at radius 1 is 1.22 bits per heavy atom. The van der Waals surface area contributed by atoms with Crippen molar-refractivity contribution in [2.75, 3.05) is 7.05 Å². The molecule has 0 saturated carbocycles. The Balaban J connectivity index is 2.06. The summed E-state index contributed by atoms with van der Waals surface area (Å²) in [5, 5.41) is 29.8. The first-order valence-electron chi connectivity index (χ1n) is 8.90. The molecule has 6 heteroatoms. The van der Waals surface area contributed by atoms with Crippen molar-refractivity contribution < 1.29 is 4.39 Å². The van der Waals surface area contributed by atoms with Gasteiger partial charge in [0.1, 0.15) is 11.9 Å². The SMILES string of the molecule is CN1[C@@H]2CC[C@@H]1C=C1C(C#N)=C(N)C(C#N)(C#N)[C@H](c3cccc(F)c3)[C@H]12. The molecule has 4 rings (SSSR count). The molecule has 3 aliphatic rings. The molecule has 2 aliphatic heterocycles. The van der Waals surface area contributed by atoms with Crippen molar-refractivity contribution in [3.8, 4) is 18.2 Å². The summed E-state index contributed by atoms with van der Waals surface area (Å²) < 4.78 is 14.0. The first-order chi connectivity index (χ1) is 13.0. The van der Waals surface area contributed by atoms with Gasteiger partial charge in [-0.15, -0.1) is 0 Å². The zero-order chi connectivity index (χ0) is 19.3. The highest BCUT2D eigenvalue weighted by Crippen LogP contribution is 2.58. The lowest BCUT2D eigenvalue weighted by atomic mass is 9.56. The fourth-order valence-corrected chi connectivity index (χ4v) is 5.16. The second kappa shape index (κ2) is 5.95. The van der Waals surface area contributed by atoms with Gasteiger partial charge in [0.05, 0.1) is 23.4 Å². The Morgan fingerprint density at radius 2 is 1.96 bits per heavy atom. The predicted octanol–water partition coefficient (Wildman–Crippen LogP) is 2.71. The third kappa shape index (κ3) is 2.16. The highest BCUT2D eigenvalue weighted by Gasteiger charge is 2.58. The quantitative estimate of drug-likeness (QED) is 0.831. The van der Waals surface area contributed by atoms with Gasteiger partial charge in [0.2, 0.25) is 0 Å². The number of hydrogen-bond donors (Lipinski definition) is 1. The third-order valence-corrected chi connectivity index (χ3v) is 6.43. The number of nitrogens with two attached hydrogens (primary N) is 1. The maximum atomic E-state index is 14.0. The van der Waals surface area contributed by atoms with Gasteiger partial charge in [0.25, 0.3) is 0 Å². The molecule has 5 nitrogen and oxygen atoms in total. The molecule has 2 N–H and O–H groups in total. The molecule has 1 aromatic carbocycles. The highest BCUT2D eigenvalue weighted by atomic mass is 19.1. The summed E-state index contributed by atoms with van der Waals surface area (Å²) in [6.07, 6.45) is 3.88. The number of nitrogens with zero attached hydrogens (tertiary/aromatic N) is 4. The normalized spacial score (nSPS) is 31.3. The van der Waals surface area contributed by atoms with Crippen LogP contribution in [0.25, 0.3) is 0 Å². The average Bonchev–Trinajstić information content (AvgIpc) is 2.90. The Kier molecular flexibility index (Phi) is 3.81. The first-order valence-corrected chi connectivity index (χ1v) is 8.90. The number of benzene rings is 1. The number of halogens is 1. The van der Waals surface area contributed by atoms with Crippen molar-refractivity contribution >= 4 is 0 Å². The molecule has 1 aliphatic carbocycles. The number of likely N-dealkylation sites (N-methyl/N-ethyl adjacent to an activating group) is 1. The Labute approximate surface area is 157 Å². The van der Waals surface area contributed by atoms with Crippen LogP contribution in [0.5, 0.6) is 0 Å². The molecule has 2 heterocycles. The van der Waals surface area contributed by atoms with E-state index in [1.807, 2.05) is 13.1 Å². The maximum Gasteiger partial charge on any atom is 0.191 e. The molecule has 0 unspecified atom stereocenters. The van der Waals surface area contributed by atoms with E-state index in [-0.39, 0.29) is 29.3 Å². The monoisotopic (exact) mass is 359 g/mol.